The molecule has 5 nitrogen and oxygen atoms in total. The summed E-state index contributed by atoms with van der Waals surface area (Å²) in [5.41, 5.74) is 0.288. The molecule has 0 radical (unpaired) electrons. The van der Waals surface area contributed by atoms with Crippen LogP contribution in [0.1, 0.15) is 0 Å². The Morgan fingerprint density at radius 3 is 2.42 bits per heavy atom. The predicted octanol–water partition coefficient (Wildman–Crippen LogP) is 3.67. The lowest BCUT2D eigenvalue weighted by molar-refractivity contribution is -0.119. The molecule has 2 aromatic carbocycles. The molecule has 140 valence electrons. The van der Waals surface area contributed by atoms with Crippen LogP contribution in [0.2, 0.25) is 10.0 Å². The summed E-state index contributed by atoms with van der Waals surface area (Å²) in [5.74, 6) is 0.289. The summed E-state index contributed by atoms with van der Waals surface area (Å²) in [4.78, 5) is 13.3. The maximum atomic E-state index is 12.2. The molecule has 2 rings (SSSR count). The maximum absolute atomic E-state index is 12.2. The van der Waals surface area contributed by atoms with Crippen LogP contribution in [0.5, 0.6) is 0 Å². The van der Waals surface area contributed by atoms with Crippen LogP contribution in [-0.4, -0.2) is 39.4 Å². The summed E-state index contributed by atoms with van der Waals surface area (Å²) in [6, 6.07) is 14.2. The molecule has 0 saturated carbocycles. The Labute approximate surface area is 167 Å². The number of thioether (sulfide) groups is 1. The Morgan fingerprint density at radius 2 is 1.81 bits per heavy atom. The summed E-state index contributed by atoms with van der Waals surface area (Å²) < 4.78 is 25.1. The van der Waals surface area contributed by atoms with E-state index in [4.69, 9.17) is 23.2 Å². The Kier molecular flexibility index (Phi) is 7.64. The minimum absolute atomic E-state index is 0.220. The first-order valence-electron chi connectivity index (χ1n) is 7.64. The van der Waals surface area contributed by atoms with E-state index in [1.54, 1.807) is 11.8 Å². The van der Waals surface area contributed by atoms with Gasteiger partial charge >= 0.3 is 0 Å². The van der Waals surface area contributed by atoms with Gasteiger partial charge in [-0.3, -0.25) is 9.10 Å². The van der Waals surface area contributed by atoms with Gasteiger partial charge in [-0.1, -0.05) is 41.4 Å². The van der Waals surface area contributed by atoms with Gasteiger partial charge in [0.25, 0.3) is 0 Å². The summed E-state index contributed by atoms with van der Waals surface area (Å²) in [5, 5.41) is 3.26. The van der Waals surface area contributed by atoms with Crippen molar-refractivity contribution in [2.24, 2.45) is 0 Å². The van der Waals surface area contributed by atoms with Crippen molar-refractivity contribution in [1.82, 2.24) is 5.32 Å². The van der Waals surface area contributed by atoms with Gasteiger partial charge in [-0.25, -0.2) is 8.42 Å². The topological polar surface area (TPSA) is 66.5 Å². The van der Waals surface area contributed by atoms with Gasteiger partial charge in [0.15, 0.2) is 0 Å². The molecule has 0 aliphatic heterocycles. The Morgan fingerprint density at radius 1 is 1.12 bits per heavy atom. The third-order valence-electron chi connectivity index (χ3n) is 3.31. The van der Waals surface area contributed by atoms with Gasteiger partial charge in [-0.15, -0.1) is 11.8 Å². The van der Waals surface area contributed by atoms with E-state index < -0.39 is 15.9 Å². The number of anilines is 1. The summed E-state index contributed by atoms with van der Waals surface area (Å²) in [6.45, 7) is 0.101. The fourth-order valence-corrected chi connectivity index (χ4v) is 4.03. The van der Waals surface area contributed by atoms with E-state index in [0.717, 1.165) is 15.5 Å². The largest absolute Gasteiger partial charge is 0.354 e. The smallest absolute Gasteiger partial charge is 0.240 e. The Hall–Kier alpha value is -1.41. The zero-order valence-corrected chi connectivity index (χ0v) is 17.1. The number of carbonyl (C=O) groups excluding carboxylic acids is 1. The molecular formula is C17H18Cl2N2O3S2. The highest BCUT2D eigenvalue weighted by molar-refractivity contribution is 7.99. The number of benzene rings is 2. The van der Waals surface area contributed by atoms with Gasteiger partial charge in [0.05, 0.1) is 22.0 Å². The van der Waals surface area contributed by atoms with E-state index in [1.165, 1.54) is 18.2 Å². The molecule has 26 heavy (non-hydrogen) atoms. The van der Waals surface area contributed by atoms with Crippen molar-refractivity contribution < 1.29 is 13.2 Å². The average molecular weight is 433 g/mol. The van der Waals surface area contributed by atoms with Crippen molar-refractivity contribution in [2.75, 3.05) is 29.4 Å². The highest BCUT2D eigenvalue weighted by Gasteiger charge is 2.21. The van der Waals surface area contributed by atoms with Crippen LogP contribution in [0.3, 0.4) is 0 Å². The van der Waals surface area contributed by atoms with Gasteiger partial charge in [0.2, 0.25) is 15.9 Å². The Balaban J connectivity index is 1.93. The molecule has 0 fully saturated rings. The van der Waals surface area contributed by atoms with Gasteiger partial charge in [-0.05, 0) is 30.3 Å². The van der Waals surface area contributed by atoms with Crippen LogP contribution < -0.4 is 9.62 Å². The second-order valence-electron chi connectivity index (χ2n) is 5.38. The molecular weight excluding hydrogens is 415 g/mol. The zero-order chi connectivity index (χ0) is 19.2. The number of sulfonamides is 1. The molecule has 0 aliphatic carbocycles. The molecule has 0 unspecified atom stereocenters. The fourth-order valence-electron chi connectivity index (χ4n) is 2.10. The van der Waals surface area contributed by atoms with Crippen molar-refractivity contribution in [3.63, 3.8) is 0 Å². The minimum atomic E-state index is -3.65. The number of hydrogen-bond acceptors (Lipinski definition) is 4. The lowest BCUT2D eigenvalue weighted by atomic mass is 10.3. The Bertz CT molecular complexity index is 862. The van der Waals surface area contributed by atoms with Crippen molar-refractivity contribution in [2.45, 2.75) is 4.90 Å². The highest BCUT2D eigenvalue weighted by atomic mass is 35.5. The summed E-state index contributed by atoms with van der Waals surface area (Å²) in [7, 11) is -3.65. The third-order valence-corrected chi connectivity index (χ3v) is 6.21. The first-order chi connectivity index (χ1) is 12.3. The van der Waals surface area contributed by atoms with E-state index in [2.05, 4.69) is 5.32 Å². The van der Waals surface area contributed by atoms with Gasteiger partial charge in [-0.2, -0.15) is 0 Å². The van der Waals surface area contributed by atoms with E-state index in [1.807, 2.05) is 30.3 Å². The second kappa shape index (κ2) is 9.50. The number of amides is 1. The highest BCUT2D eigenvalue weighted by Crippen LogP contribution is 2.28. The van der Waals surface area contributed by atoms with Gasteiger partial charge in [0, 0.05) is 17.2 Å². The van der Waals surface area contributed by atoms with E-state index in [0.29, 0.717) is 17.3 Å². The number of halogens is 2. The number of nitrogens with one attached hydrogen (secondary N) is 1. The standard InChI is InChI=1S/C17H18Cl2N2O3S2/c1-26(23,24)21(13-7-8-15(18)16(19)11-13)12-17(22)20-9-10-25-14-5-3-2-4-6-14/h2-8,11H,9-10,12H2,1H3,(H,20,22). The number of rotatable bonds is 8. The van der Waals surface area contributed by atoms with Crippen molar-refractivity contribution in [3.8, 4) is 0 Å². The molecule has 0 aliphatic rings. The normalized spacial score (nSPS) is 11.2. The van der Waals surface area contributed by atoms with Crippen molar-refractivity contribution in [1.29, 1.82) is 0 Å². The SMILES string of the molecule is CS(=O)(=O)N(CC(=O)NCCSc1ccccc1)c1ccc(Cl)c(Cl)c1. The van der Waals surface area contributed by atoms with Crippen LogP contribution in [0.15, 0.2) is 53.4 Å². The first kappa shape index (κ1) is 20.9. The van der Waals surface area contributed by atoms with Gasteiger partial charge in [0.1, 0.15) is 6.54 Å². The van der Waals surface area contributed by atoms with Crippen LogP contribution in [-0.2, 0) is 14.8 Å². The molecule has 9 heteroatoms. The fraction of sp³-hybridized carbons (Fsp3) is 0.235. The molecule has 0 bridgehead atoms. The molecule has 0 saturated heterocycles. The monoisotopic (exact) mass is 432 g/mol. The van der Waals surface area contributed by atoms with Gasteiger partial charge < -0.3 is 5.32 Å². The minimum Gasteiger partial charge on any atom is -0.354 e. The van der Waals surface area contributed by atoms with E-state index in [9.17, 15) is 13.2 Å². The number of carbonyl (C=O) groups is 1. The average Bonchev–Trinajstić information content (AvgIpc) is 2.59. The third kappa shape index (κ3) is 6.39. The van der Waals surface area contributed by atoms with Crippen LogP contribution in [0.25, 0.3) is 0 Å². The molecule has 1 N–H and O–H groups in total. The lowest BCUT2D eigenvalue weighted by Crippen LogP contribution is -2.41. The van der Waals surface area contributed by atoms with Crippen molar-refractivity contribution in [3.05, 3.63) is 58.6 Å². The first-order valence-corrected chi connectivity index (χ1v) is 11.2. The maximum Gasteiger partial charge on any atom is 0.240 e. The van der Waals surface area contributed by atoms with Crippen LogP contribution in [0, 0.1) is 0 Å². The van der Waals surface area contributed by atoms with Crippen molar-refractivity contribution >= 4 is 56.6 Å². The second-order valence-corrected chi connectivity index (χ2v) is 9.27. The van der Waals surface area contributed by atoms with Crippen LogP contribution >= 0.6 is 35.0 Å². The zero-order valence-electron chi connectivity index (χ0n) is 14.0. The predicted molar refractivity (Wildman–Crippen MR) is 109 cm³/mol. The number of hydrogen-bond donors (Lipinski definition) is 1. The number of nitrogens with zero attached hydrogens (tertiary/aromatic N) is 1. The molecule has 0 heterocycles. The van der Waals surface area contributed by atoms with E-state index in [-0.39, 0.29) is 17.3 Å². The van der Waals surface area contributed by atoms with Crippen LogP contribution in [0.4, 0.5) is 5.69 Å². The summed E-state index contributed by atoms with van der Waals surface area (Å²) >= 11 is 13.4. The molecule has 0 spiro atoms. The van der Waals surface area contributed by atoms with E-state index >= 15 is 0 Å². The summed E-state index contributed by atoms with van der Waals surface area (Å²) in [6.07, 6.45) is 1.04. The lowest BCUT2D eigenvalue weighted by Gasteiger charge is -2.22. The molecule has 1 amide bonds. The molecule has 0 aromatic heterocycles. The molecule has 0 atom stereocenters. The quantitative estimate of drug-likeness (QED) is 0.510. The molecule has 2 aromatic rings.